The summed E-state index contributed by atoms with van der Waals surface area (Å²) >= 11 is 1.74. The van der Waals surface area contributed by atoms with Gasteiger partial charge in [0.1, 0.15) is 5.75 Å². The first-order chi connectivity index (χ1) is 10.1. The molecule has 0 saturated carbocycles. The molecule has 1 aromatic carbocycles. The number of thioether (sulfide) groups is 1. The van der Waals surface area contributed by atoms with Crippen LogP contribution in [-0.4, -0.2) is 22.6 Å². The van der Waals surface area contributed by atoms with Crippen LogP contribution in [0.25, 0.3) is 0 Å². The number of aromatic nitrogens is 1. The molecule has 0 amide bonds. The van der Waals surface area contributed by atoms with Crippen LogP contribution in [-0.2, 0) is 0 Å². The Balaban J connectivity index is 1.86. The number of Topliss-reactive ketones (excluding diaryl/α,β-unsaturated/α-hetero) is 1. The topological polar surface area (TPSA) is 39.2 Å². The zero-order chi connectivity index (χ0) is 14.8. The molecule has 1 aromatic heterocycles. The SMILES string of the molecule is CC(C)Oc1cncc(C(=O)C2CSc3ccccc32)c1. The first-order valence-electron chi connectivity index (χ1n) is 7.03. The lowest BCUT2D eigenvalue weighted by molar-refractivity contribution is 0.0967. The number of fused-ring (bicyclic) bond motifs is 1. The van der Waals surface area contributed by atoms with Gasteiger partial charge >= 0.3 is 0 Å². The minimum atomic E-state index is -0.0812. The molecule has 1 aliphatic heterocycles. The van der Waals surface area contributed by atoms with Crippen molar-refractivity contribution in [2.45, 2.75) is 30.8 Å². The first-order valence-corrected chi connectivity index (χ1v) is 8.01. The predicted molar refractivity (Wildman–Crippen MR) is 84.2 cm³/mol. The van der Waals surface area contributed by atoms with Crippen molar-refractivity contribution in [3.05, 3.63) is 53.9 Å². The van der Waals surface area contributed by atoms with E-state index >= 15 is 0 Å². The average molecular weight is 299 g/mol. The number of carbonyl (C=O) groups excluding carboxylic acids is 1. The molecule has 0 aliphatic carbocycles. The second kappa shape index (κ2) is 5.90. The standard InChI is InChI=1S/C17H17NO2S/c1-11(2)20-13-7-12(8-18-9-13)17(19)15-10-21-16-6-4-3-5-14(15)16/h3-9,11,15H,10H2,1-2H3. The third-order valence-corrected chi connectivity index (χ3v) is 4.57. The van der Waals surface area contributed by atoms with Gasteiger partial charge in [-0.05, 0) is 31.5 Å². The second-order valence-corrected chi connectivity index (χ2v) is 6.40. The van der Waals surface area contributed by atoms with Crippen LogP contribution < -0.4 is 4.74 Å². The lowest BCUT2D eigenvalue weighted by atomic mass is 9.93. The molecule has 0 fully saturated rings. The highest BCUT2D eigenvalue weighted by atomic mass is 32.2. The maximum absolute atomic E-state index is 12.7. The van der Waals surface area contributed by atoms with Crippen LogP contribution in [0.2, 0.25) is 0 Å². The summed E-state index contributed by atoms with van der Waals surface area (Å²) in [4.78, 5) is 18.1. The minimum Gasteiger partial charge on any atom is -0.489 e. The molecule has 4 heteroatoms. The van der Waals surface area contributed by atoms with Gasteiger partial charge in [-0.25, -0.2) is 0 Å². The molecule has 2 heterocycles. The number of rotatable bonds is 4. The number of ketones is 1. The van der Waals surface area contributed by atoms with Gasteiger partial charge in [-0.3, -0.25) is 9.78 Å². The molecular formula is C17H17NO2S. The van der Waals surface area contributed by atoms with E-state index in [0.29, 0.717) is 11.3 Å². The molecule has 0 N–H and O–H groups in total. The number of ether oxygens (including phenoxy) is 1. The highest BCUT2D eigenvalue weighted by Gasteiger charge is 2.29. The highest BCUT2D eigenvalue weighted by molar-refractivity contribution is 7.99. The highest BCUT2D eigenvalue weighted by Crippen LogP contribution is 2.40. The fourth-order valence-corrected chi connectivity index (χ4v) is 3.70. The summed E-state index contributed by atoms with van der Waals surface area (Å²) in [6.07, 6.45) is 3.34. The van der Waals surface area contributed by atoms with Crippen LogP contribution in [0.15, 0.2) is 47.6 Å². The second-order valence-electron chi connectivity index (χ2n) is 5.34. The Labute approximate surface area is 128 Å². The fraction of sp³-hybridized carbons (Fsp3) is 0.294. The van der Waals surface area contributed by atoms with Crippen molar-refractivity contribution in [3.63, 3.8) is 0 Å². The van der Waals surface area contributed by atoms with Gasteiger partial charge in [-0.15, -0.1) is 11.8 Å². The fourth-order valence-electron chi connectivity index (χ4n) is 2.47. The number of hydrogen-bond donors (Lipinski definition) is 0. The van der Waals surface area contributed by atoms with Crippen molar-refractivity contribution in [1.29, 1.82) is 0 Å². The van der Waals surface area contributed by atoms with E-state index < -0.39 is 0 Å². The molecule has 1 aliphatic rings. The molecule has 21 heavy (non-hydrogen) atoms. The summed E-state index contributed by atoms with van der Waals surface area (Å²) in [5.41, 5.74) is 1.75. The van der Waals surface area contributed by atoms with Crippen LogP contribution in [0, 0.1) is 0 Å². The van der Waals surface area contributed by atoms with Crippen molar-refractivity contribution in [2.75, 3.05) is 5.75 Å². The molecule has 108 valence electrons. The summed E-state index contributed by atoms with van der Waals surface area (Å²) in [5, 5.41) is 0. The van der Waals surface area contributed by atoms with Crippen molar-refractivity contribution < 1.29 is 9.53 Å². The quantitative estimate of drug-likeness (QED) is 0.802. The molecule has 1 unspecified atom stereocenters. The molecule has 0 radical (unpaired) electrons. The van der Waals surface area contributed by atoms with Crippen molar-refractivity contribution >= 4 is 17.5 Å². The minimum absolute atomic E-state index is 0.0694. The molecule has 3 nitrogen and oxygen atoms in total. The number of nitrogens with zero attached hydrogens (tertiary/aromatic N) is 1. The molecule has 3 rings (SSSR count). The van der Waals surface area contributed by atoms with E-state index in [0.717, 1.165) is 11.3 Å². The van der Waals surface area contributed by atoms with Crippen LogP contribution in [0.3, 0.4) is 0 Å². The van der Waals surface area contributed by atoms with Crippen molar-refractivity contribution in [3.8, 4) is 5.75 Å². The Bertz CT molecular complexity index is 669. The van der Waals surface area contributed by atoms with Crippen molar-refractivity contribution in [1.82, 2.24) is 4.98 Å². The van der Waals surface area contributed by atoms with Crippen LogP contribution >= 0.6 is 11.8 Å². The smallest absolute Gasteiger partial charge is 0.172 e. The largest absolute Gasteiger partial charge is 0.489 e. The zero-order valence-electron chi connectivity index (χ0n) is 12.1. The van der Waals surface area contributed by atoms with Crippen LogP contribution in [0.4, 0.5) is 0 Å². The van der Waals surface area contributed by atoms with E-state index in [1.54, 1.807) is 30.2 Å². The third kappa shape index (κ3) is 2.95. The lowest BCUT2D eigenvalue weighted by Crippen LogP contribution is -2.13. The number of hydrogen-bond acceptors (Lipinski definition) is 4. The first kappa shape index (κ1) is 14.1. The van der Waals surface area contributed by atoms with Gasteiger partial charge in [0.2, 0.25) is 0 Å². The molecule has 0 saturated heterocycles. The summed E-state index contributed by atoms with van der Waals surface area (Å²) in [7, 11) is 0. The molecule has 0 spiro atoms. The number of benzene rings is 1. The van der Waals surface area contributed by atoms with Gasteiger partial charge in [0.15, 0.2) is 5.78 Å². The average Bonchev–Trinajstić information content (AvgIpc) is 2.90. The van der Waals surface area contributed by atoms with E-state index in [-0.39, 0.29) is 17.8 Å². The molecular weight excluding hydrogens is 282 g/mol. The number of carbonyl (C=O) groups is 1. The van der Waals surface area contributed by atoms with E-state index in [1.807, 2.05) is 32.0 Å². The Morgan fingerprint density at radius 3 is 2.95 bits per heavy atom. The van der Waals surface area contributed by atoms with Gasteiger partial charge in [-0.1, -0.05) is 18.2 Å². The van der Waals surface area contributed by atoms with Crippen molar-refractivity contribution in [2.24, 2.45) is 0 Å². The molecule has 2 aromatic rings. The van der Waals surface area contributed by atoms with E-state index in [2.05, 4.69) is 11.1 Å². The van der Waals surface area contributed by atoms with Gasteiger partial charge < -0.3 is 4.74 Å². The zero-order valence-corrected chi connectivity index (χ0v) is 12.9. The summed E-state index contributed by atoms with van der Waals surface area (Å²) in [6.45, 7) is 3.91. The summed E-state index contributed by atoms with van der Waals surface area (Å²) in [5.74, 6) is 1.49. The van der Waals surface area contributed by atoms with Gasteiger partial charge in [0.05, 0.1) is 18.2 Å². The maximum atomic E-state index is 12.7. The van der Waals surface area contributed by atoms with E-state index in [1.165, 1.54) is 4.90 Å². The maximum Gasteiger partial charge on any atom is 0.172 e. The Kier molecular flexibility index (Phi) is 3.97. The van der Waals surface area contributed by atoms with Gasteiger partial charge in [0.25, 0.3) is 0 Å². The van der Waals surface area contributed by atoms with Gasteiger partial charge in [0, 0.05) is 22.4 Å². The van der Waals surface area contributed by atoms with Crippen LogP contribution in [0.5, 0.6) is 5.75 Å². The Morgan fingerprint density at radius 2 is 2.14 bits per heavy atom. The Hall–Kier alpha value is -1.81. The predicted octanol–water partition coefficient (Wildman–Crippen LogP) is 3.94. The molecule has 1 atom stereocenters. The summed E-state index contributed by atoms with van der Waals surface area (Å²) in [6, 6.07) is 9.91. The summed E-state index contributed by atoms with van der Waals surface area (Å²) < 4.78 is 5.62. The van der Waals surface area contributed by atoms with Gasteiger partial charge in [-0.2, -0.15) is 0 Å². The Morgan fingerprint density at radius 1 is 1.33 bits per heavy atom. The van der Waals surface area contributed by atoms with Crippen LogP contribution in [0.1, 0.15) is 35.7 Å². The third-order valence-electron chi connectivity index (χ3n) is 3.39. The van der Waals surface area contributed by atoms with E-state index in [9.17, 15) is 4.79 Å². The number of pyridine rings is 1. The monoisotopic (exact) mass is 299 g/mol. The lowest BCUT2D eigenvalue weighted by Gasteiger charge is -2.12. The molecule has 0 bridgehead atoms. The van der Waals surface area contributed by atoms with E-state index in [4.69, 9.17) is 4.74 Å². The normalized spacial score (nSPS) is 16.8.